The standard InChI is InChI=1S/C13H19N/c1-9(2)12-6-10(3)11(4)13(7-12)8-14-5/h6-9H,1-5H3. The molecule has 1 heteroatoms. The van der Waals surface area contributed by atoms with Crippen LogP contribution in [0.4, 0.5) is 0 Å². The lowest BCUT2D eigenvalue weighted by Crippen LogP contribution is -1.96. The van der Waals surface area contributed by atoms with Gasteiger partial charge in [-0.05, 0) is 48.1 Å². The Hall–Kier alpha value is -1.11. The Kier molecular flexibility index (Phi) is 3.45. The molecule has 1 rings (SSSR count). The van der Waals surface area contributed by atoms with Crippen LogP contribution < -0.4 is 0 Å². The summed E-state index contributed by atoms with van der Waals surface area (Å²) in [7, 11) is 1.82. The van der Waals surface area contributed by atoms with Crippen molar-refractivity contribution in [2.75, 3.05) is 7.05 Å². The maximum Gasteiger partial charge on any atom is 0.0284 e. The molecule has 0 bridgehead atoms. The highest BCUT2D eigenvalue weighted by atomic mass is 14.6. The van der Waals surface area contributed by atoms with Gasteiger partial charge in [-0.25, -0.2) is 0 Å². The van der Waals surface area contributed by atoms with E-state index in [9.17, 15) is 0 Å². The minimum Gasteiger partial charge on any atom is -0.296 e. The van der Waals surface area contributed by atoms with Gasteiger partial charge in [-0.3, -0.25) is 4.99 Å². The highest BCUT2D eigenvalue weighted by Gasteiger charge is 2.05. The van der Waals surface area contributed by atoms with Gasteiger partial charge in [0.25, 0.3) is 0 Å². The van der Waals surface area contributed by atoms with Gasteiger partial charge in [0.05, 0.1) is 0 Å². The fourth-order valence-electron chi connectivity index (χ4n) is 1.52. The van der Waals surface area contributed by atoms with E-state index in [1.54, 1.807) is 0 Å². The fourth-order valence-corrected chi connectivity index (χ4v) is 1.52. The number of aliphatic imine (C=N–C) groups is 1. The average molecular weight is 189 g/mol. The van der Waals surface area contributed by atoms with Crippen molar-refractivity contribution in [2.45, 2.75) is 33.6 Å². The fraction of sp³-hybridized carbons (Fsp3) is 0.462. The molecule has 0 aliphatic rings. The molecular formula is C13H19N. The van der Waals surface area contributed by atoms with Crippen LogP contribution in [0.5, 0.6) is 0 Å². The number of nitrogens with zero attached hydrogens (tertiary/aromatic N) is 1. The molecule has 1 aromatic carbocycles. The Bertz CT molecular complexity index is 348. The lowest BCUT2D eigenvalue weighted by atomic mass is 9.94. The van der Waals surface area contributed by atoms with Crippen molar-refractivity contribution in [1.82, 2.24) is 0 Å². The molecule has 0 saturated heterocycles. The normalized spacial score (nSPS) is 11.6. The van der Waals surface area contributed by atoms with Gasteiger partial charge < -0.3 is 0 Å². The molecule has 0 N–H and O–H groups in total. The zero-order valence-corrected chi connectivity index (χ0v) is 9.76. The molecule has 1 nitrogen and oxygen atoms in total. The van der Waals surface area contributed by atoms with Crippen LogP contribution in [0.3, 0.4) is 0 Å². The Balaban J connectivity index is 3.28. The number of aryl methyl sites for hydroxylation is 1. The topological polar surface area (TPSA) is 12.4 Å². The second-order valence-electron chi connectivity index (χ2n) is 4.09. The number of hydrogen-bond acceptors (Lipinski definition) is 1. The largest absolute Gasteiger partial charge is 0.296 e. The first-order chi connectivity index (χ1) is 6.56. The molecule has 0 spiro atoms. The van der Waals surface area contributed by atoms with E-state index < -0.39 is 0 Å². The van der Waals surface area contributed by atoms with Gasteiger partial charge in [0.1, 0.15) is 0 Å². The van der Waals surface area contributed by atoms with Crippen molar-refractivity contribution >= 4 is 6.21 Å². The van der Waals surface area contributed by atoms with Crippen molar-refractivity contribution in [3.63, 3.8) is 0 Å². The molecule has 0 amide bonds. The molecule has 0 heterocycles. The minimum atomic E-state index is 0.582. The van der Waals surface area contributed by atoms with E-state index in [4.69, 9.17) is 0 Å². The Morgan fingerprint density at radius 1 is 1.21 bits per heavy atom. The number of rotatable bonds is 2. The van der Waals surface area contributed by atoms with E-state index in [1.807, 2.05) is 13.3 Å². The molecule has 0 saturated carbocycles. The Labute approximate surface area is 86.9 Å². The summed E-state index contributed by atoms with van der Waals surface area (Å²) in [5.41, 5.74) is 5.32. The van der Waals surface area contributed by atoms with Gasteiger partial charge in [0.15, 0.2) is 0 Å². The summed E-state index contributed by atoms with van der Waals surface area (Å²) in [6.07, 6.45) is 1.94. The summed E-state index contributed by atoms with van der Waals surface area (Å²) < 4.78 is 0. The predicted octanol–water partition coefficient (Wildman–Crippen LogP) is 3.48. The molecule has 0 aliphatic heterocycles. The first kappa shape index (κ1) is 11.0. The average Bonchev–Trinajstić information content (AvgIpc) is 2.12. The molecule has 0 atom stereocenters. The van der Waals surface area contributed by atoms with E-state index in [1.165, 1.54) is 22.3 Å². The third-order valence-corrected chi connectivity index (χ3v) is 2.66. The maximum absolute atomic E-state index is 4.08. The van der Waals surface area contributed by atoms with Crippen molar-refractivity contribution in [1.29, 1.82) is 0 Å². The zero-order chi connectivity index (χ0) is 10.7. The number of hydrogen-bond donors (Lipinski definition) is 0. The highest BCUT2D eigenvalue weighted by Crippen LogP contribution is 2.21. The van der Waals surface area contributed by atoms with Crippen LogP contribution in [0.2, 0.25) is 0 Å². The summed E-state index contributed by atoms with van der Waals surface area (Å²) in [4.78, 5) is 4.08. The lowest BCUT2D eigenvalue weighted by molar-refractivity contribution is 0.863. The summed E-state index contributed by atoms with van der Waals surface area (Å²) in [5.74, 6) is 0.582. The number of benzene rings is 1. The van der Waals surface area contributed by atoms with Crippen molar-refractivity contribution in [3.05, 3.63) is 34.4 Å². The highest BCUT2D eigenvalue weighted by molar-refractivity contribution is 5.82. The van der Waals surface area contributed by atoms with Crippen LogP contribution in [0.15, 0.2) is 17.1 Å². The molecule has 0 aromatic heterocycles. The van der Waals surface area contributed by atoms with Crippen molar-refractivity contribution in [2.24, 2.45) is 4.99 Å². The van der Waals surface area contributed by atoms with Crippen molar-refractivity contribution in [3.8, 4) is 0 Å². The first-order valence-corrected chi connectivity index (χ1v) is 5.09. The van der Waals surface area contributed by atoms with E-state index in [0.29, 0.717) is 5.92 Å². The third-order valence-electron chi connectivity index (χ3n) is 2.66. The van der Waals surface area contributed by atoms with E-state index >= 15 is 0 Å². The van der Waals surface area contributed by atoms with E-state index in [0.717, 1.165) is 0 Å². The Morgan fingerprint density at radius 3 is 2.36 bits per heavy atom. The quantitative estimate of drug-likeness (QED) is 0.632. The molecule has 0 fully saturated rings. The lowest BCUT2D eigenvalue weighted by Gasteiger charge is -2.11. The Morgan fingerprint density at radius 2 is 1.86 bits per heavy atom. The zero-order valence-electron chi connectivity index (χ0n) is 9.76. The monoisotopic (exact) mass is 189 g/mol. The summed E-state index contributed by atoms with van der Waals surface area (Å²) in [6.45, 7) is 8.75. The second kappa shape index (κ2) is 4.41. The van der Waals surface area contributed by atoms with Gasteiger partial charge in [0, 0.05) is 13.3 Å². The predicted molar refractivity (Wildman–Crippen MR) is 63.5 cm³/mol. The summed E-state index contributed by atoms with van der Waals surface area (Å²) in [5, 5.41) is 0. The van der Waals surface area contributed by atoms with Crippen LogP contribution >= 0.6 is 0 Å². The molecule has 0 aliphatic carbocycles. The van der Waals surface area contributed by atoms with E-state index in [2.05, 4.69) is 44.8 Å². The molecule has 14 heavy (non-hydrogen) atoms. The first-order valence-electron chi connectivity index (χ1n) is 5.09. The summed E-state index contributed by atoms with van der Waals surface area (Å²) in [6, 6.07) is 4.51. The second-order valence-corrected chi connectivity index (χ2v) is 4.09. The van der Waals surface area contributed by atoms with Crippen LogP contribution in [0.25, 0.3) is 0 Å². The minimum absolute atomic E-state index is 0.582. The van der Waals surface area contributed by atoms with Gasteiger partial charge in [-0.1, -0.05) is 19.9 Å². The third kappa shape index (κ3) is 2.22. The molecule has 1 aromatic rings. The van der Waals surface area contributed by atoms with Gasteiger partial charge >= 0.3 is 0 Å². The molecule has 0 radical (unpaired) electrons. The van der Waals surface area contributed by atoms with Crippen LogP contribution in [0, 0.1) is 13.8 Å². The molecule has 0 unspecified atom stereocenters. The smallest absolute Gasteiger partial charge is 0.0284 e. The maximum atomic E-state index is 4.08. The SMILES string of the molecule is CN=Cc1cc(C(C)C)cc(C)c1C. The van der Waals surface area contributed by atoms with E-state index in [-0.39, 0.29) is 0 Å². The molecular weight excluding hydrogens is 170 g/mol. The van der Waals surface area contributed by atoms with Gasteiger partial charge in [0.2, 0.25) is 0 Å². The van der Waals surface area contributed by atoms with Crippen LogP contribution in [-0.4, -0.2) is 13.3 Å². The summed E-state index contributed by atoms with van der Waals surface area (Å²) >= 11 is 0. The van der Waals surface area contributed by atoms with Crippen molar-refractivity contribution < 1.29 is 0 Å². The van der Waals surface area contributed by atoms with Gasteiger partial charge in [-0.2, -0.15) is 0 Å². The van der Waals surface area contributed by atoms with Gasteiger partial charge in [-0.15, -0.1) is 0 Å². The van der Waals surface area contributed by atoms with Crippen LogP contribution in [-0.2, 0) is 0 Å². The van der Waals surface area contributed by atoms with Crippen LogP contribution in [0.1, 0.15) is 42.0 Å². The molecule has 76 valence electrons.